The predicted octanol–water partition coefficient (Wildman–Crippen LogP) is 3.27. The second-order valence-corrected chi connectivity index (χ2v) is 5.75. The number of aryl methyl sites for hydroxylation is 1. The maximum Gasteiger partial charge on any atom is 0.275 e. The highest BCUT2D eigenvalue weighted by atomic mass is 16.1. The molecule has 0 saturated heterocycles. The van der Waals surface area contributed by atoms with E-state index >= 15 is 0 Å². The maximum absolute atomic E-state index is 13.1. The van der Waals surface area contributed by atoms with Crippen LogP contribution < -0.4 is 5.56 Å². The van der Waals surface area contributed by atoms with Crippen LogP contribution in [0, 0.1) is 35.5 Å². The smallest absolute Gasteiger partial charge is 0.275 e. The molecule has 0 bridgehead atoms. The van der Waals surface area contributed by atoms with Crippen LogP contribution >= 0.6 is 0 Å². The van der Waals surface area contributed by atoms with E-state index in [1.54, 1.807) is 6.92 Å². The van der Waals surface area contributed by atoms with E-state index in [9.17, 15) is 15.3 Å². The van der Waals surface area contributed by atoms with Crippen molar-refractivity contribution in [1.82, 2.24) is 9.78 Å². The maximum atomic E-state index is 13.1. The summed E-state index contributed by atoms with van der Waals surface area (Å²) in [6, 6.07) is 22.5. The number of rotatable bonds is 4. The minimum Gasteiger partial charge on any atom is -0.295 e. The Morgan fingerprint density at radius 2 is 1.52 bits per heavy atom. The number of nitrogens with zero attached hydrogens (tertiary/aromatic N) is 3. The summed E-state index contributed by atoms with van der Waals surface area (Å²) in [5.41, 5.74) is 2.34. The summed E-state index contributed by atoms with van der Waals surface area (Å²) in [5.74, 6) is -1.56. The standard InChI is InChI=1S/C20H16N4O/c1-14-18(20(25)24(23-14)17-10-6-3-7-11-17)19(16(12-21)13-22)15-8-4-2-5-9-15/h2-11,16,19,23H,1H3. The summed E-state index contributed by atoms with van der Waals surface area (Å²) >= 11 is 0. The molecule has 5 nitrogen and oxygen atoms in total. The van der Waals surface area contributed by atoms with Gasteiger partial charge in [-0.3, -0.25) is 9.89 Å². The zero-order valence-electron chi connectivity index (χ0n) is 13.7. The van der Waals surface area contributed by atoms with Gasteiger partial charge in [-0.15, -0.1) is 0 Å². The molecular formula is C20H16N4O. The third-order valence-electron chi connectivity index (χ3n) is 4.21. The SMILES string of the molecule is Cc1[nH]n(-c2ccccc2)c(=O)c1C(c1ccccc1)C(C#N)C#N. The van der Waals surface area contributed by atoms with Gasteiger partial charge in [0.1, 0.15) is 5.92 Å². The van der Waals surface area contributed by atoms with Crippen LogP contribution in [0.5, 0.6) is 0 Å². The van der Waals surface area contributed by atoms with Gasteiger partial charge in [0.25, 0.3) is 5.56 Å². The average molecular weight is 328 g/mol. The molecule has 0 radical (unpaired) electrons. The van der Waals surface area contributed by atoms with Crippen LogP contribution in [0.3, 0.4) is 0 Å². The Kier molecular flexibility index (Phi) is 4.50. The average Bonchev–Trinajstić information content (AvgIpc) is 2.95. The fourth-order valence-corrected chi connectivity index (χ4v) is 3.05. The van der Waals surface area contributed by atoms with Gasteiger partial charge in [-0.25, -0.2) is 4.68 Å². The summed E-state index contributed by atoms with van der Waals surface area (Å²) in [6.45, 7) is 1.79. The van der Waals surface area contributed by atoms with Crippen molar-refractivity contribution in [1.29, 1.82) is 10.5 Å². The summed E-state index contributed by atoms with van der Waals surface area (Å²) in [7, 11) is 0. The van der Waals surface area contributed by atoms with Gasteiger partial charge in [0.2, 0.25) is 0 Å². The first-order valence-electron chi connectivity index (χ1n) is 7.88. The van der Waals surface area contributed by atoms with Gasteiger partial charge in [0.05, 0.1) is 17.8 Å². The van der Waals surface area contributed by atoms with E-state index in [0.29, 0.717) is 16.9 Å². The van der Waals surface area contributed by atoms with Crippen LogP contribution in [-0.2, 0) is 0 Å². The van der Waals surface area contributed by atoms with E-state index in [0.717, 1.165) is 5.56 Å². The predicted molar refractivity (Wildman–Crippen MR) is 94.1 cm³/mol. The van der Waals surface area contributed by atoms with E-state index in [4.69, 9.17) is 0 Å². The number of aromatic amines is 1. The monoisotopic (exact) mass is 328 g/mol. The molecule has 5 heteroatoms. The number of aromatic nitrogens is 2. The number of nitrogens with one attached hydrogen (secondary N) is 1. The van der Waals surface area contributed by atoms with Crippen molar-refractivity contribution in [2.45, 2.75) is 12.8 Å². The lowest BCUT2D eigenvalue weighted by Crippen LogP contribution is -2.23. The molecule has 1 N–H and O–H groups in total. The third-order valence-corrected chi connectivity index (χ3v) is 4.21. The van der Waals surface area contributed by atoms with Crippen LogP contribution in [0.15, 0.2) is 65.5 Å². The minimum atomic E-state index is -0.950. The first-order valence-corrected chi connectivity index (χ1v) is 7.88. The molecule has 25 heavy (non-hydrogen) atoms. The Labute approximate surface area is 145 Å². The minimum absolute atomic E-state index is 0.243. The van der Waals surface area contributed by atoms with Crippen LogP contribution in [0.4, 0.5) is 0 Å². The van der Waals surface area contributed by atoms with Gasteiger partial charge in [-0.2, -0.15) is 10.5 Å². The van der Waals surface area contributed by atoms with Crippen molar-refractivity contribution in [3.05, 3.63) is 87.8 Å². The van der Waals surface area contributed by atoms with Crippen LogP contribution in [-0.4, -0.2) is 9.78 Å². The molecular weight excluding hydrogens is 312 g/mol. The van der Waals surface area contributed by atoms with Gasteiger partial charge >= 0.3 is 0 Å². The molecule has 0 fully saturated rings. The van der Waals surface area contributed by atoms with E-state index in [1.165, 1.54) is 4.68 Å². The molecule has 3 rings (SSSR count). The molecule has 0 aliphatic heterocycles. The number of para-hydroxylation sites is 1. The van der Waals surface area contributed by atoms with E-state index in [-0.39, 0.29) is 5.56 Å². The van der Waals surface area contributed by atoms with Crippen molar-refractivity contribution in [3.8, 4) is 17.8 Å². The Morgan fingerprint density at radius 1 is 0.960 bits per heavy atom. The highest BCUT2D eigenvalue weighted by Crippen LogP contribution is 2.31. The molecule has 122 valence electrons. The molecule has 0 aliphatic rings. The molecule has 0 saturated carbocycles. The lowest BCUT2D eigenvalue weighted by molar-refractivity contribution is 0.699. The number of hydrogen-bond acceptors (Lipinski definition) is 3. The quantitative estimate of drug-likeness (QED) is 0.797. The van der Waals surface area contributed by atoms with Gasteiger partial charge in [0, 0.05) is 17.2 Å². The highest BCUT2D eigenvalue weighted by molar-refractivity contribution is 5.40. The van der Waals surface area contributed by atoms with Crippen molar-refractivity contribution in [2.75, 3.05) is 0 Å². The normalized spacial score (nSPS) is 11.7. The topological polar surface area (TPSA) is 85.4 Å². The van der Waals surface area contributed by atoms with Crippen LogP contribution in [0.1, 0.15) is 22.7 Å². The Hall–Kier alpha value is -3.57. The second-order valence-electron chi connectivity index (χ2n) is 5.75. The Balaban J connectivity index is 2.22. The molecule has 0 aliphatic carbocycles. The number of hydrogen-bond donors (Lipinski definition) is 1. The van der Waals surface area contributed by atoms with Gasteiger partial charge in [-0.1, -0.05) is 48.5 Å². The molecule has 3 aromatic rings. The van der Waals surface area contributed by atoms with E-state index in [2.05, 4.69) is 5.10 Å². The molecule has 0 spiro atoms. The lowest BCUT2D eigenvalue weighted by Gasteiger charge is -2.16. The highest BCUT2D eigenvalue weighted by Gasteiger charge is 2.30. The van der Waals surface area contributed by atoms with Crippen LogP contribution in [0.2, 0.25) is 0 Å². The Bertz CT molecular complexity index is 990. The first-order chi connectivity index (χ1) is 12.2. The van der Waals surface area contributed by atoms with Crippen molar-refractivity contribution in [3.63, 3.8) is 0 Å². The Morgan fingerprint density at radius 3 is 2.08 bits per heavy atom. The fourth-order valence-electron chi connectivity index (χ4n) is 3.05. The van der Waals surface area contributed by atoms with E-state index in [1.807, 2.05) is 72.8 Å². The summed E-state index contributed by atoms with van der Waals surface area (Å²) in [4.78, 5) is 13.1. The second kappa shape index (κ2) is 6.90. The summed E-state index contributed by atoms with van der Waals surface area (Å²) < 4.78 is 1.45. The van der Waals surface area contributed by atoms with Gasteiger partial charge < -0.3 is 0 Å². The van der Waals surface area contributed by atoms with Crippen molar-refractivity contribution in [2.24, 2.45) is 5.92 Å². The number of benzene rings is 2. The molecule has 0 amide bonds. The summed E-state index contributed by atoms with van der Waals surface area (Å²) in [5, 5.41) is 21.9. The molecule has 1 aromatic heterocycles. The van der Waals surface area contributed by atoms with Gasteiger partial charge in [0.15, 0.2) is 0 Å². The van der Waals surface area contributed by atoms with Crippen molar-refractivity contribution >= 4 is 0 Å². The van der Waals surface area contributed by atoms with Gasteiger partial charge in [-0.05, 0) is 24.6 Å². The zero-order chi connectivity index (χ0) is 17.8. The molecule has 1 heterocycles. The molecule has 1 atom stereocenters. The lowest BCUT2D eigenvalue weighted by atomic mass is 9.82. The summed E-state index contributed by atoms with van der Waals surface area (Å²) in [6.07, 6.45) is 0. The first kappa shape index (κ1) is 16.3. The fraction of sp³-hybridized carbons (Fsp3) is 0.150. The number of H-pyrrole nitrogens is 1. The third kappa shape index (κ3) is 2.96. The molecule has 2 aromatic carbocycles. The van der Waals surface area contributed by atoms with E-state index < -0.39 is 11.8 Å². The zero-order valence-corrected chi connectivity index (χ0v) is 13.7. The number of nitriles is 2. The van der Waals surface area contributed by atoms with Crippen LogP contribution in [0.25, 0.3) is 5.69 Å². The largest absolute Gasteiger partial charge is 0.295 e. The molecule has 1 unspecified atom stereocenters. The van der Waals surface area contributed by atoms with Crippen molar-refractivity contribution < 1.29 is 0 Å².